The third-order valence-corrected chi connectivity index (χ3v) is 7.30. The maximum Gasteiger partial charge on any atom is 0.328 e. The largest absolute Gasteiger partial charge is 0.457 e. The van der Waals surface area contributed by atoms with E-state index in [2.05, 4.69) is 15.0 Å². The molecule has 4 heterocycles. The first kappa shape index (κ1) is 23.2. The van der Waals surface area contributed by atoms with Crippen LogP contribution in [0, 0.1) is 0 Å². The average Bonchev–Trinajstić information content (AvgIpc) is 3.30. The van der Waals surface area contributed by atoms with Gasteiger partial charge in [0, 0.05) is 19.1 Å². The van der Waals surface area contributed by atoms with Crippen LogP contribution in [0.5, 0.6) is 0 Å². The zero-order chi connectivity index (χ0) is 22.9. The molecule has 0 amide bonds. The van der Waals surface area contributed by atoms with E-state index < -0.39 is 43.9 Å². The van der Waals surface area contributed by atoms with Gasteiger partial charge in [0.15, 0.2) is 6.10 Å². The van der Waals surface area contributed by atoms with Crippen LogP contribution in [0.3, 0.4) is 0 Å². The van der Waals surface area contributed by atoms with E-state index in [0.29, 0.717) is 36.3 Å². The zero-order valence-electron chi connectivity index (χ0n) is 18.2. The minimum absolute atomic E-state index is 0.0162. The van der Waals surface area contributed by atoms with E-state index in [4.69, 9.17) is 14.0 Å². The number of carbonyl (C=O) groups excluding carboxylic acids is 2. The Balaban J connectivity index is 1.61. The van der Waals surface area contributed by atoms with Crippen LogP contribution in [-0.4, -0.2) is 63.4 Å². The number of rotatable bonds is 8. The van der Waals surface area contributed by atoms with Crippen molar-refractivity contribution >= 4 is 31.3 Å². The number of carbonyl (C=O) groups is 2. The van der Waals surface area contributed by atoms with Crippen LogP contribution in [0.2, 0.25) is 0 Å². The lowest BCUT2D eigenvalue weighted by Crippen LogP contribution is -2.42. The predicted molar refractivity (Wildman–Crippen MR) is 114 cm³/mol. The summed E-state index contributed by atoms with van der Waals surface area (Å²) in [5.74, 6) is -0.800. The van der Waals surface area contributed by atoms with E-state index >= 15 is 0 Å². The lowest BCUT2D eigenvalue weighted by atomic mass is 9.93. The number of ether oxygens (including phenoxy) is 2. The Hall–Kier alpha value is -2.00. The van der Waals surface area contributed by atoms with Crippen LogP contribution in [-0.2, 0) is 34.6 Å². The van der Waals surface area contributed by atoms with Crippen LogP contribution < -0.4 is 0 Å². The fourth-order valence-corrected chi connectivity index (χ4v) is 5.77. The van der Waals surface area contributed by atoms with Crippen LogP contribution in [0.25, 0.3) is 0 Å². The highest BCUT2D eigenvalue weighted by atomic mass is 31.2. The molecule has 0 spiro atoms. The Kier molecular flexibility index (Phi) is 6.86. The second-order valence-corrected chi connectivity index (χ2v) is 10.3. The van der Waals surface area contributed by atoms with Crippen LogP contribution in [0.4, 0.5) is 5.69 Å². The number of aliphatic imine (C=N–C) groups is 1. The van der Waals surface area contributed by atoms with Crippen molar-refractivity contribution in [2.24, 2.45) is 4.99 Å². The van der Waals surface area contributed by atoms with E-state index in [9.17, 15) is 19.0 Å². The maximum atomic E-state index is 12.3. The van der Waals surface area contributed by atoms with Gasteiger partial charge in [-0.3, -0.25) is 23.7 Å². The van der Waals surface area contributed by atoms with Gasteiger partial charge in [0.05, 0.1) is 36.0 Å². The molecule has 2 unspecified atom stereocenters. The molecule has 10 nitrogen and oxygen atoms in total. The van der Waals surface area contributed by atoms with Crippen molar-refractivity contribution in [3.8, 4) is 0 Å². The number of fused-ring (bicyclic) bond motifs is 2. The lowest BCUT2D eigenvalue weighted by Gasteiger charge is -2.30. The summed E-state index contributed by atoms with van der Waals surface area (Å²) >= 11 is 0. The van der Waals surface area contributed by atoms with E-state index in [1.54, 1.807) is 6.21 Å². The summed E-state index contributed by atoms with van der Waals surface area (Å²) in [6.07, 6.45) is 2.74. The monoisotopic (exact) mass is 465 g/mol. The molecule has 0 saturated carbocycles. The van der Waals surface area contributed by atoms with Crippen molar-refractivity contribution in [3.05, 3.63) is 17.7 Å². The molecule has 32 heavy (non-hydrogen) atoms. The first-order valence-corrected chi connectivity index (χ1v) is 12.8. The molecule has 11 heteroatoms. The standard InChI is InChI=1S/C21H28N3O7P/c1-3-5-12(25)9-14-18-17(24-11-23-14)13(10-22-18)19-21(30-16(26)6-4-2)20-15(29-19)7-8-32(27,28)31-20/h10-11,13,15,19-21H,3-9H2,1-2H3,(H,27,28)/t13?,15-,19+,20-,21+/m1/s1. The van der Waals surface area contributed by atoms with E-state index in [-0.39, 0.29) is 24.8 Å². The molecule has 1 aromatic rings. The smallest absolute Gasteiger partial charge is 0.328 e. The van der Waals surface area contributed by atoms with Gasteiger partial charge >= 0.3 is 13.6 Å². The second kappa shape index (κ2) is 9.47. The Morgan fingerprint density at radius 2 is 2.00 bits per heavy atom. The molecular formula is C21H28N3O7P. The Labute approximate surface area is 186 Å². The quantitative estimate of drug-likeness (QED) is 0.454. The number of esters is 1. The van der Waals surface area contributed by atoms with Gasteiger partial charge in [-0.05, 0) is 19.3 Å². The molecule has 0 aliphatic carbocycles. The van der Waals surface area contributed by atoms with Crippen LogP contribution in [0.15, 0.2) is 11.3 Å². The molecule has 174 valence electrons. The molecule has 1 aromatic heterocycles. The zero-order valence-corrected chi connectivity index (χ0v) is 19.1. The van der Waals surface area contributed by atoms with Gasteiger partial charge < -0.3 is 14.4 Å². The van der Waals surface area contributed by atoms with E-state index in [0.717, 1.165) is 6.42 Å². The van der Waals surface area contributed by atoms with Crippen molar-refractivity contribution in [2.45, 2.75) is 82.7 Å². The number of nitrogens with zero attached hydrogens (tertiary/aromatic N) is 3. The van der Waals surface area contributed by atoms with Gasteiger partial charge in [-0.25, -0.2) is 9.97 Å². The molecule has 0 aromatic carbocycles. The summed E-state index contributed by atoms with van der Waals surface area (Å²) in [5.41, 5.74) is 1.68. The highest BCUT2D eigenvalue weighted by Crippen LogP contribution is 2.53. The first-order chi connectivity index (χ1) is 15.3. The molecule has 4 rings (SSSR count). The molecule has 1 N–H and O–H groups in total. The Morgan fingerprint density at radius 3 is 2.75 bits per heavy atom. The topological polar surface area (TPSA) is 137 Å². The molecule has 3 aliphatic rings. The minimum atomic E-state index is -3.78. The van der Waals surface area contributed by atoms with Crippen molar-refractivity contribution in [3.63, 3.8) is 0 Å². The highest BCUT2D eigenvalue weighted by Gasteiger charge is 2.56. The third kappa shape index (κ3) is 4.69. The first-order valence-electron chi connectivity index (χ1n) is 11.1. The van der Waals surface area contributed by atoms with Crippen LogP contribution in [0.1, 0.15) is 63.3 Å². The van der Waals surface area contributed by atoms with Crippen molar-refractivity contribution in [1.29, 1.82) is 0 Å². The Morgan fingerprint density at radius 1 is 1.22 bits per heavy atom. The number of ketones is 1. The fourth-order valence-electron chi connectivity index (χ4n) is 4.45. The lowest BCUT2D eigenvalue weighted by molar-refractivity contribution is -0.155. The molecule has 0 radical (unpaired) electrons. The van der Waals surface area contributed by atoms with Gasteiger partial charge in [0.2, 0.25) is 0 Å². The molecule has 2 saturated heterocycles. The summed E-state index contributed by atoms with van der Waals surface area (Å²) in [6, 6.07) is 0. The highest BCUT2D eigenvalue weighted by molar-refractivity contribution is 7.52. The van der Waals surface area contributed by atoms with Crippen LogP contribution >= 0.6 is 7.60 Å². The molecule has 0 bridgehead atoms. The maximum absolute atomic E-state index is 12.3. The number of hydrogen-bond donors (Lipinski definition) is 1. The molecule has 6 atom stereocenters. The van der Waals surface area contributed by atoms with Gasteiger partial charge in [-0.1, -0.05) is 13.8 Å². The van der Waals surface area contributed by atoms with Gasteiger partial charge in [0.25, 0.3) is 0 Å². The summed E-state index contributed by atoms with van der Waals surface area (Å²) < 4.78 is 29.6. The minimum Gasteiger partial charge on any atom is -0.457 e. The summed E-state index contributed by atoms with van der Waals surface area (Å²) in [5, 5.41) is 0. The van der Waals surface area contributed by atoms with Gasteiger partial charge in [0.1, 0.15) is 30.0 Å². The van der Waals surface area contributed by atoms with E-state index in [1.807, 2.05) is 13.8 Å². The summed E-state index contributed by atoms with van der Waals surface area (Å²) in [6.45, 7) is 3.81. The summed E-state index contributed by atoms with van der Waals surface area (Å²) in [7, 11) is -3.78. The number of aromatic nitrogens is 2. The third-order valence-electron chi connectivity index (χ3n) is 5.90. The molecule has 3 aliphatic heterocycles. The number of Topliss-reactive ketones (excluding diaryl/α,β-unsaturated/α-hetero) is 1. The second-order valence-electron chi connectivity index (χ2n) is 8.39. The fraction of sp³-hybridized carbons (Fsp3) is 0.667. The van der Waals surface area contributed by atoms with E-state index in [1.165, 1.54) is 6.33 Å². The van der Waals surface area contributed by atoms with Crippen molar-refractivity contribution in [1.82, 2.24) is 9.97 Å². The normalized spacial score (nSPS) is 33.0. The predicted octanol–water partition coefficient (Wildman–Crippen LogP) is 2.64. The average molecular weight is 465 g/mol. The van der Waals surface area contributed by atoms with Gasteiger partial charge in [-0.15, -0.1) is 0 Å². The Bertz CT molecular complexity index is 969. The SMILES string of the molecule is CCCC(=O)Cc1ncnc2c1N=CC2[C@@H]1O[C@@H]2CCP(=O)(O)O[C@H]2[C@H]1OC(=O)CCC. The van der Waals surface area contributed by atoms with Crippen molar-refractivity contribution < 1.29 is 33.0 Å². The number of hydrogen-bond acceptors (Lipinski definition) is 9. The van der Waals surface area contributed by atoms with Gasteiger partial charge in [-0.2, -0.15) is 0 Å². The molecular weight excluding hydrogens is 437 g/mol. The van der Waals surface area contributed by atoms with Crippen molar-refractivity contribution in [2.75, 3.05) is 6.16 Å². The molecule has 2 fully saturated rings. The summed E-state index contributed by atoms with van der Waals surface area (Å²) in [4.78, 5) is 47.6.